The van der Waals surface area contributed by atoms with Crippen LogP contribution >= 0.6 is 0 Å². The number of hydrogen-bond acceptors (Lipinski definition) is 7. The minimum absolute atomic E-state index is 0.00259. The van der Waals surface area contributed by atoms with E-state index in [1.165, 1.54) is 37.8 Å². The third-order valence-electron chi connectivity index (χ3n) is 5.41. The fourth-order valence-electron chi connectivity index (χ4n) is 3.79. The van der Waals surface area contributed by atoms with Crippen LogP contribution in [-0.2, 0) is 0 Å². The topological polar surface area (TPSA) is 106 Å². The normalized spacial score (nSPS) is 18.1. The molecule has 0 unspecified atom stereocenters. The van der Waals surface area contributed by atoms with Crippen molar-refractivity contribution in [3.05, 3.63) is 59.8 Å². The fourth-order valence-corrected chi connectivity index (χ4v) is 3.79. The Morgan fingerprint density at radius 2 is 2.00 bits per heavy atom. The van der Waals surface area contributed by atoms with Crippen LogP contribution < -0.4 is 9.47 Å². The van der Waals surface area contributed by atoms with Crippen LogP contribution in [0.2, 0.25) is 0 Å². The number of amides is 1. The number of para-hydroxylation sites is 1. The van der Waals surface area contributed by atoms with Gasteiger partial charge in [0.15, 0.2) is 11.6 Å². The molecule has 9 nitrogen and oxygen atoms in total. The van der Waals surface area contributed by atoms with Crippen LogP contribution in [0.15, 0.2) is 42.9 Å². The third kappa shape index (κ3) is 3.97. The Balaban J connectivity index is 1.60. The summed E-state index contributed by atoms with van der Waals surface area (Å²) in [7, 11) is 1.44. The lowest BCUT2D eigenvalue weighted by Crippen LogP contribution is -2.49. The van der Waals surface area contributed by atoms with Crippen LogP contribution in [0.3, 0.4) is 0 Å². The highest BCUT2D eigenvalue weighted by Gasteiger charge is 2.33. The summed E-state index contributed by atoms with van der Waals surface area (Å²) in [5.41, 5.74) is 0.476. The van der Waals surface area contributed by atoms with E-state index in [0.29, 0.717) is 18.4 Å². The molecule has 2 atom stereocenters. The maximum Gasteiger partial charge on any atom is 0.258 e. The van der Waals surface area contributed by atoms with E-state index in [1.54, 1.807) is 17.0 Å². The van der Waals surface area contributed by atoms with Crippen molar-refractivity contribution in [2.75, 3.05) is 13.7 Å². The molecule has 1 aliphatic heterocycles. The van der Waals surface area contributed by atoms with Crippen molar-refractivity contribution in [3.63, 3.8) is 0 Å². The summed E-state index contributed by atoms with van der Waals surface area (Å²) in [6.45, 7) is 2.21. The van der Waals surface area contributed by atoms with E-state index in [9.17, 15) is 14.4 Å². The second-order valence-electron chi connectivity index (χ2n) is 7.39. The lowest BCUT2D eigenvalue weighted by atomic mass is 9.99. The number of halogens is 1. The molecule has 2 aromatic heterocycles. The number of methoxy groups -OCH3 is 1. The van der Waals surface area contributed by atoms with Crippen LogP contribution in [0.5, 0.6) is 11.6 Å². The quantitative estimate of drug-likeness (QED) is 0.605. The zero-order valence-corrected chi connectivity index (χ0v) is 17.6. The molecule has 0 bridgehead atoms. The van der Waals surface area contributed by atoms with Gasteiger partial charge in [0.2, 0.25) is 0 Å². The molecule has 1 amide bonds. The van der Waals surface area contributed by atoms with Gasteiger partial charge in [-0.3, -0.25) is 4.79 Å². The molecule has 32 heavy (non-hydrogen) atoms. The minimum Gasteiger partial charge on any atom is -0.490 e. The highest BCUT2D eigenvalue weighted by Crippen LogP contribution is 2.31. The summed E-state index contributed by atoms with van der Waals surface area (Å²) in [5.74, 6) is -0.482. The minimum atomic E-state index is -0.591. The molecule has 1 aliphatic rings. The Hall–Kier alpha value is -4.00. The van der Waals surface area contributed by atoms with Gasteiger partial charge in [-0.1, -0.05) is 6.07 Å². The maximum atomic E-state index is 14.6. The largest absolute Gasteiger partial charge is 0.490 e. The van der Waals surface area contributed by atoms with Crippen molar-refractivity contribution < 1.29 is 18.7 Å². The monoisotopic (exact) mass is 436 g/mol. The second-order valence-corrected chi connectivity index (χ2v) is 7.39. The summed E-state index contributed by atoms with van der Waals surface area (Å²) in [5, 5.41) is 17.2. The van der Waals surface area contributed by atoms with Crippen LogP contribution in [0.4, 0.5) is 4.39 Å². The summed E-state index contributed by atoms with van der Waals surface area (Å²) >= 11 is 0. The Morgan fingerprint density at radius 3 is 2.72 bits per heavy atom. The number of nitrogens with zero attached hydrogens (tertiary/aromatic N) is 6. The summed E-state index contributed by atoms with van der Waals surface area (Å²) in [6, 6.07) is 7.82. The molecular weight excluding hydrogens is 415 g/mol. The number of pyridine rings is 1. The van der Waals surface area contributed by atoms with E-state index < -0.39 is 5.82 Å². The molecular formula is C22H21FN6O3. The number of aromatic nitrogens is 4. The Morgan fingerprint density at radius 1 is 1.22 bits per heavy atom. The number of carbonyl (C=O) groups is 1. The first-order valence-corrected chi connectivity index (χ1v) is 10.1. The number of likely N-dealkylation sites (tertiary alicyclic amines) is 1. The van der Waals surface area contributed by atoms with E-state index in [4.69, 9.17) is 9.47 Å². The zero-order valence-electron chi connectivity index (χ0n) is 17.6. The fraction of sp³-hybridized carbons (Fsp3) is 0.318. The van der Waals surface area contributed by atoms with Gasteiger partial charge in [-0.05, 0) is 38.0 Å². The predicted octanol–water partition coefficient (Wildman–Crippen LogP) is 2.75. The first-order chi connectivity index (χ1) is 15.5. The van der Waals surface area contributed by atoms with Gasteiger partial charge in [-0.15, -0.1) is 4.80 Å². The molecule has 0 spiro atoms. The molecule has 10 heteroatoms. The lowest BCUT2D eigenvalue weighted by Gasteiger charge is -2.38. The summed E-state index contributed by atoms with van der Waals surface area (Å²) in [4.78, 5) is 20.4. The molecule has 1 saturated heterocycles. The first-order valence-electron chi connectivity index (χ1n) is 10.1. The molecule has 0 radical (unpaired) electrons. The van der Waals surface area contributed by atoms with E-state index in [0.717, 1.165) is 4.80 Å². The Bertz CT molecular complexity index is 1160. The number of ether oxygens (including phenoxy) is 2. The van der Waals surface area contributed by atoms with Gasteiger partial charge in [0.25, 0.3) is 11.8 Å². The van der Waals surface area contributed by atoms with Gasteiger partial charge in [0.1, 0.15) is 23.4 Å². The molecule has 4 rings (SSSR count). The molecule has 164 valence electrons. The molecule has 0 saturated carbocycles. The average molecular weight is 436 g/mol. The van der Waals surface area contributed by atoms with E-state index in [2.05, 4.69) is 15.2 Å². The summed E-state index contributed by atoms with van der Waals surface area (Å²) in [6.07, 6.45) is 5.31. The number of nitriles is 1. The van der Waals surface area contributed by atoms with Crippen molar-refractivity contribution in [2.45, 2.75) is 31.9 Å². The smallest absolute Gasteiger partial charge is 0.258 e. The number of carbonyl (C=O) groups excluding carboxylic acids is 1. The number of hydrogen-bond donors (Lipinski definition) is 0. The van der Waals surface area contributed by atoms with Crippen LogP contribution in [0.1, 0.15) is 35.7 Å². The highest BCUT2D eigenvalue weighted by atomic mass is 19.1. The average Bonchev–Trinajstić information content (AvgIpc) is 3.34. The first kappa shape index (κ1) is 21.2. The van der Waals surface area contributed by atoms with E-state index in [-0.39, 0.29) is 47.5 Å². The van der Waals surface area contributed by atoms with Crippen LogP contribution in [-0.4, -0.2) is 56.6 Å². The van der Waals surface area contributed by atoms with Gasteiger partial charge >= 0.3 is 0 Å². The molecule has 1 fully saturated rings. The lowest BCUT2D eigenvalue weighted by molar-refractivity contribution is 0.0365. The number of piperidine rings is 1. The van der Waals surface area contributed by atoms with Gasteiger partial charge in [0.05, 0.1) is 31.6 Å². The van der Waals surface area contributed by atoms with Gasteiger partial charge in [0, 0.05) is 12.2 Å². The van der Waals surface area contributed by atoms with E-state index >= 15 is 0 Å². The standard InChI is InChI=1S/C22H21FN6O3/c1-14-6-7-16(32-21-20(31-2)15(12-24)8-9-25-21)13-28(14)22(30)17-4-3-5-18(23)19(17)29-26-10-11-27-29/h3-5,8-11,14,16H,6-7,13H2,1-2H3/t14-,16-/m1/s1. The predicted molar refractivity (Wildman–Crippen MR) is 111 cm³/mol. The maximum absolute atomic E-state index is 14.6. The van der Waals surface area contributed by atoms with Gasteiger partial charge in [-0.25, -0.2) is 9.37 Å². The number of rotatable bonds is 5. The third-order valence-corrected chi connectivity index (χ3v) is 5.41. The SMILES string of the molecule is COc1c(C#N)ccnc1O[C@@H]1CC[C@@H](C)N(C(=O)c2cccc(F)c2-n2nccn2)C1. The van der Waals surface area contributed by atoms with Crippen molar-refractivity contribution in [2.24, 2.45) is 0 Å². The van der Waals surface area contributed by atoms with E-state index in [1.807, 2.05) is 13.0 Å². The zero-order chi connectivity index (χ0) is 22.7. The van der Waals surface area contributed by atoms with Crippen LogP contribution in [0, 0.1) is 17.1 Å². The van der Waals surface area contributed by atoms with Crippen molar-refractivity contribution in [3.8, 4) is 23.4 Å². The van der Waals surface area contributed by atoms with Crippen molar-refractivity contribution >= 4 is 5.91 Å². The van der Waals surface area contributed by atoms with Crippen molar-refractivity contribution in [1.82, 2.24) is 24.9 Å². The second kappa shape index (κ2) is 9.01. The van der Waals surface area contributed by atoms with Crippen LogP contribution in [0.25, 0.3) is 5.69 Å². The highest BCUT2D eigenvalue weighted by molar-refractivity contribution is 5.98. The summed E-state index contributed by atoms with van der Waals surface area (Å²) < 4.78 is 25.9. The molecule has 3 aromatic rings. The molecule has 0 N–H and O–H groups in total. The van der Waals surface area contributed by atoms with Gasteiger partial charge in [-0.2, -0.15) is 15.5 Å². The molecule has 3 heterocycles. The Kier molecular flexibility index (Phi) is 5.98. The van der Waals surface area contributed by atoms with Crippen molar-refractivity contribution in [1.29, 1.82) is 5.26 Å². The Labute approximate surface area is 184 Å². The van der Waals surface area contributed by atoms with Gasteiger partial charge < -0.3 is 14.4 Å². The number of benzene rings is 1. The molecule has 0 aliphatic carbocycles. The molecule has 1 aromatic carbocycles.